The number of halogens is 1. The van der Waals surface area contributed by atoms with Crippen LogP contribution in [-0.2, 0) is 9.59 Å². The highest BCUT2D eigenvalue weighted by molar-refractivity contribution is 6.02. The summed E-state index contributed by atoms with van der Waals surface area (Å²) in [6, 6.07) is 7.37. The van der Waals surface area contributed by atoms with Gasteiger partial charge in [0.2, 0.25) is 5.91 Å². The molecule has 1 saturated heterocycles. The van der Waals surface area contributed by atoms with Crippen LogP contribution in [0.4, 0.5) is 5.69 Å². The summed E-state index contributed by atoms with van der Waals surface area (Å²) in [6.07, 6.45) is 1.91. The molecule has 0 saturated carbocycles. The van der Waals surface area contributed by atoms with Crippen LogP contribution in [0.3, 0.4) is 0 Å². The summed E-state index contributed by atoms with van der Waals surface area (Å²) in [5, 5.41) is 0. The predicted molar refractivity (Wildman–Crippen MR) is 94.5 cm³/mol. The van der Waals surface area contributed by atoms with Crippen LogP contribution < -0.4 is 15.4 Å². The number of benzene rings is 1. The van der Waals surface area contributed by atoms with Crippen molar-refractivity contribution in [2.24, 2.45) is 11.7 Å². The summed E-state index contributed by atoms with van der Waals surface area (Å²) in [6.45, 7) is 3.38. The van der Waals surface area contributed by atoms with E-state index in [1.807, 2.05) is 23.1 Å². The average molecular weight is 354 g/mol. The lowest BCUT2D eigenvalue weighted by Gasteiger charge is -2.39. The van der Waals surface area contributed by atoms with Crippen molar-refractivity contribution < 1.29 is 14.3 Å². The highest BCUT2D eigenvalue weighted by Gasteiger charge is 2.33. The molecule has 6 nitrogen and oxygen atoms in total. The molecule has 2 heterocycles. The van der Waals surface area contributed by atoms with E-state index in [0.29, 0.717) is 30.4 Å². The molecule has 0 aromatic heterocycles. The maximum atomic E-state index is 12.7. The molecule has 0 radical (unpaired) electrons. The Morgan fingerprint density at radius 1 is 1.38 bits per heavy atom. The van der Waals surface area contributed by atoms with Crippen molar-refractivity contribution in [3.05, 3.63) is 24.3 Å². The third-order valence-corrected chi connectivity index (χ3v) is 4.67. The fourth-order valence-electron chi connectivity index (χ4n) is 3.36. The van der Waals surface area contributed by atoms with E-state index in [4.69, 9.17) is 10.5 Å². The molecule has 2 aliphatic rings. The van der Waals surface area contributed by atoms with Gasteiger partial charge >= 0.3 is 0 Å². The summed E-state index contributed by atoms with van der Waals surface area (Å²) < 4.78 is 5.41. The molecule has 1 aromatic carbocycles. The van der Waals surface area contributed by atoms with Gasteiger partial charge in [-0.25, -0.2) is 0 Å². The van der Waals surface area contributed by atoms with E-state index in [1.54, 1.807) is 6.07 Å². The fraction of sp³-hybridized carbons (Fsp3) is 0.529. The van der Waals surface area contributed by atoms with Crippen LogP contribution in [0.5, 0.6) is 5.75 Å². The molecule has 2 atom stereocenters. The van der Waals surface area contributed by atoms with Crippen molar-refractivity contribution in [1.29, 1.82) is 0 Å². The largest absolute Gasteiger partial charge is 0.482 e. The molecular weight excluding hydrogens is 330 g/mol. The van der Waals surface area contributed by atoms with Crippen LogP contribution in [-0.4, -0.2) is 49.0 Å². The Kier molecular flexibility index (Phi) is 6.07. The van der Waals surface area contributed by atoms with Crippen LogP contribution in [0.25, 0.3) is 0 Å². The van der Waals surface area contributed by atoms with Gasteiger partial charge in [0.1, 0.15) is 12.3 Å². The van der Waals surface area contributed by atoms with Crippen molar-refractivity contribution in [2.75, 3.05) is 31.1 Å². The van der Waals surface area contributed by atoms with E-state index in [0.717, 1.165) is 12.8 Å². The van der Waals surface area contributed by atoms with Crippen molar-refractivity contribution in [2.45, 2.75) is 25.8 Å². The van der Waals surface area contributed by atoms with Gasteiger partial charge in [0, 0.05) is 19.1 Å². The zero-order valence-electron chi connectivity index (χ0n) is 13.8. The SMILES string of the molecule is CC1CCN(C(=O)CN2C(=O)COc3ccccc32)C(CN)C1.Cl. The van der Waals surface area contributed by atoms with E-state index < -0.39 is 0 Å². The lowest BCUT2D eigenvalue weighted by molar-refractivity contribution is -0.135. The van der Waals surface area contributed by atoms with Gasteiger partial charge in [0.25, 0.3) is 5.91 Å². The van der Waals surface area contributed by atoms with Crippen molar-refractivity contribution in [3.8, 4) is 5.75 Å². The zero-order valence-corrected chi connectivity index (χ0v) is 14.6. The molecule has 0 aliphatic carbocycles. The molecule has 1 fully saturated rings. The minimum absolute atomic E-state index is 0. The molecule has 24 heavy (non-hydrogen) atoms. The zero-order chi connectivity index (χ0) is 16.4. The van der Waals surface area contributed by atoms with Gasteiger partial charge in [0.15, 0.2) is 6.61 Å². The lowest BCUT2D eigenvalue weighted by Crippen LogP contribution is -2.53. The molecule has 1 aromatic rings. The molecule has 2 aliphatic heterocycles. The summed E-state index contributed by atoms with van der Waals surface area (Å²) in [7, 11) is 0. The lowest BCUT2D eigenvalue weighted by atomic mass is 9.92. The molecule has 7 heteroatoms. The standard InChI is InChI=1S/C17H23N3O3.ClH/c1-12-6-7-19(13(8-12)9-18)16(21)10-20-14-4-2-3-5-15(14)23-11-17(20)22;/h2-5,12-13H,6-11,18H2,1H3;1H. The Morgan fingerprint density at radius 2 is 2.12 bits per heavy atom. The topological polar surface area (TPSA) is 75.9 Å². The van der Waals surface area contributed by atoms with E-state index in [9.17, 15) is 9.59 Å². The van der Waals surface area contributed by atoms with Crippen LogP contribution in [0.2, 0.25) is 0 Å². The molecule has 2 N–H and O–H groups in total. The number of anilines is 1. The molecule has 2 unspecified atom stereocenters. The number of amides is 2. The summed E-state index contributed by atoms with van der Waals surface area (Å²) >= 11 is 0. The van der Waals surface area contributed by atoms with Crippen LogP contribution in [0.15, 0.2) is 24.3 Å². The molecule has 0 spiro atoms. The predicted octanol–water partition coefficient (Wildman–Crippen LogP) is 1.42. The Balaban J connectivity index is 0.00000208. The van der Waals surface area contributed by atoms with Crippen LogP contribution in [0, 0.1) is 5.92 Å². The maximum Gasteiger partial charge on any atom is 0.265 e. The Bertz CT molecular complexity index is 610. The van der Waals surface area contributed by atoms with E-state index in [1.165, 1.54) is 4.90 Å². The number of hydrogen-bond donors (Lipinski definition) is 1. The van der Waals surface area contributed by atoms with E-state index in [2.05, 4.69) is 6.92 Å². The maximum absolute atomic E-state index is 12.7. The van der Waals surface area contributed by atoms with Crippen molar-refractivity contribution in [1.82, 2.24) is 4.90 Å². The molecule has 132 valence electrons. The molecule has 3 rings (SSSR count). The first-order valence-electron chi connectivity index (χ1n) is 8.12. The first-order chi connectivity index (χ1) is 11.1. The number of nitrogens with two attached hydrogens (primary N) is 1. The van der Waals surface area contributed by atoms with Gasteiger partial charge < -0.3 is 15.4 Å². The summed E-state index contributed by atoms with van der Waals surface area (Å²) in [5.74, 6) is 0.991. The highest BCUT2D eigenvalue weighted by Crippen LogP contribution is 2.31. The number of rotatable bonds is 3. The third kappa shape index (κ3) is 3.65. The quantitative estimate of drug-likeness (QED) is 0.891. The Morgan fingerprint density at radius 3 is 2.88 bits per heavy atom. The Hall–Kier alpha value is -1.79. The molecular formula is C17H24ClN3O3. The van der Waals surface area contributed by atoms with E-state index in [-0.39, 0.29) is 43.4 Å². The number of ether oxygens (including phenoxy) is 1. The normalized spacial score (nSPS) is 23.2. The van der Waals surface area contributed by atoms with Crippen molar-refractivity contribution in [3.63, 3.8) is 0 Å². The monoisotopic (exact) mass is 353 g/mol. The Labute approximate surface area is 148 Å². The number of nitrogens with zero attached hydrogens (tertiary/aromatic N) is 2. The number of fused-ring (bicyclic) bond motifs is 1. The van der Waals surface area contributed by atoms with Gasteiger partial charge in [-0.2, -0.15) is 0 Å². The second kappa shape index (κ2) is 7.85. The van der Waals surface area contributed by atoms with Gasteiger partial charge in [-0.05, 0) is 30.9 Å². The number of para-hydroxylation sites is 2. The first kappa shape index (κ1) is 18.5. The fourth-order valence-corrected chi connectivity index (χ4v) is 3.36. The number of likely N-dealkylation sites (tertiary alicyclic amines) is 1. The molecule has 2 amide bonds. The van der Waals surface area contributed by atoms with Crippen LogP contribution in [0.1, 0.15) is 19.8 Å². The van der Waals surface area contributed by atoms with Gasteiger partial charge in [-0.15, -0.1) is 12.4 Å². The third-order valence-electron chi connectivity index (χ3n) is 4.67. The highest BCUT2D eigenvalue weighted by atomic mass is 35.5. The molecule has 0 bridgehead atoms. The number of hydrogen-bond acceptors (Lipinski definition) is 4. The smallest absolute Gasteiger partial charge is 0.265 e. The van der Waals surface area contributed by atoms with Crippen LogP contribution >= 0.6 is 12.4 Å². The average Bonchev–Trinajstić information content (AvgIpc) is 2.57. The van der Waals surface area contributed by atoms with Gasteiger partial charge in [-0.1, -0.05) is 19.1 Å². The number of carbonyl (C=O) groups excluding carboxylic acids is 2. The second-order valence-electron chi connectivity index (χ2n) is 6.34. The van der Waals surface area contributed by atoms with Gasteiger partial charge in [0.05, 0.1) is 5.69 Å². The number of piperidine rings is 1. The first-order valence-corrected chi connectivity index (χ1v) is 8.12. The summed E-state index contributed by atoms with van der Waals surface area (Å²) in [4.78, 5) is 28.3. The minimum atomic E-state index is -0.188. The number of carbonyl (C=O) groups is 2. The second-order valence-corrected chi connectivity index (χ2v) is 6.34. The summed E-state index contributed by atoms with van der Waals surface area (Å²) in [5.41, 5.74) is 6.50. The van der Waals surface area contributed by atoms with E-state index >= 15 is 0 Å². The van der Waals surface area contributed by atoms with Crippen molar-refractivity contribution >= 4 is 29.9 Å². The van der Waals surface area contributed by atoms with Gasteiger partial charge in [-0.3, -0.25) is 14.5 Å². The minimum Gasteiger partial charge on any atom is -0.482 e.